The largest absolute Gasteiger partial charge is 0.265 e. The van der Waals surface area contributed by atoms with Crippen molar-refractivity contribution < 1.29 is 0 Å². The molecule has 2 atom stereocenters. The monoisotopic (exact) mass is 255 g/mol. The molecule has 1 aromatic heterocycles. The number of rotatable bonds is 5. The summed E-state index contributed by atoms with van der Waals surface area (Å²) in [5, 5.41) is 0. The Bertz CT molecular complexity index is 248. The Kier molecular flexibility index (Phi) is 5.16. The van der Waals surface area contributed by atoms with Crippen LogP contribution in [0.15, 0.2) is 24.5 Å². The van der Waals surface area contributed by atoms with Crippen LogP contribution in [0.3, 0.4) is 0 Å². The van der Waals surface area contributed by atoms with E-state index in [4.69, 9.17) is 0 Å². The highest BCUT2D eigenvalue weighted by atomic mass is 79.9. The molecule has 0 saturated carbocycles. The average molecular weight is 256 g/mol. The lowest BCUT2D eigenvalue weighted by Gasteiger charge is -2.17. The minimum absolute atomic E-state index is 0.588. The molecule has 1 aromatic rings. The van der Waals surface area contributed by atoms with Crippen molar-refractivity contribution in [3.8, 4) is 0 Å². The lowest BCUT2D eigenvalue weighted by atomic mass is 9.97. The number of hydrogen-bond acceptors (Lipinski definition) is 1. The molecule has 0 fully saturated rings. The van der Waals surface area contributed by atoms with Crippen molar-refractivity contribution in [3.63, 3.8) is 0 Å². The summed E-state index contributed by atoms with van der Waals surface area (Å²) in [7, 11) is 0. The van der Waals surface area contributed by atoms with Crippen LogP contribution in [0.4, 0.5) is 0 Å². The van der Waals surface area contributed by atoms with Gasteiger partial charge in [0.25, 0.3) is 0 Å². The molecule has 0 aromatic carbocycles. The molecule has 0 bridgehead atoms. The van der Waals surface area contributed by atoms with Crippen LogP contribution >= 0.6 is 15.9 Å². The third kappa shape index (κ3) is 3.79. The second kappa shape index (κ2) is 6.18. The lowest BCUT2D eigenvalue weighted by Crippen LogP contribution is -2.13. The molecule has 0 aliphatic rings. The van der Waals surface area contributed by atoms with Gasteiger partial charge in [0.05, 0.1) is 0 Å². The van der Waals surface area contributed by atoms with Crippen molar-refractivity contribution in [1.29, 1.82) is 0 Å². The van der Waals surface area contributed by atoms with E-state index >= 15 is 0 Å². The third-order valence-corrected chi connectivity index (χ3v) is 3.77. The summed E-state index contributed by atoms with van der Waals surface area (Å²) < 4.78 is 0. The molecule has 1 heterocycles. The standard InChI is InChI=1S/C12H18BrN/c1-3-4-10(2)12(13)9-11-5-7-14-8-6-11/h5-8,10,12H,3-4,9H2,1-2H3. The van der Waals surface area contributed by atoms with Crippen molar-refractivity contribution in [3.05, 3.63) is 30.1 Å². The Morgan fingerprint density at radius 2 is 2.00 bits per heavy atom. The summed E-state index contributed by atoms with van der Waals surface area (Å²) in [5.41, 5.74) is 1.37. The van der Waals surface area contributed by atoms with Crippen molar-refractivity contribution in [2.75, 3.05) is 0 Å². The van der Waals surface area contributed by atoms with Gasteiger partial charge in [-0.25, -0.2) is 0 Å². The van der Waals surface area contributed by atoms with E-state index in [1.807, 2.05) is 12.4 Å². The fraction of sp³-hybridized carbons (Fsp3) is 0.583. The summed E-state index contributed by atoms with van der Waals surface area (Å²) in [6.45, 7) is 4.55. The molecule has 2 heteroatoms. The predicted molar refractivity (Wildman–Crippen MR) is 64.7 cm³/mol. The van der Waals surface area contributed by atoms with Crippen LogP contribution in [-0.2, 0) is 6.42 Å². The van der Waals surface area contributed by atoms with E-state index in [1.165, 1.54) is 18.4 Å². The van der Waals surface area contributed by atoms with Gasteiger partial charge in [0.2, 0.25) is 0 Å². The first-order valence-electron chi connectivity index (χ1n) is 5.27. The SMILES string of the molecule is CCCC(C)C(Br)Cc1ccncc1. The minimum atomic E-state index is 0.588. The van der Waals surface area contributed by atoms with Crippen LogP contribution in [0.2, 0.25) is 0 Å². The second-order valence-corrected chi connectivity index (χ2v) is 5.02. The number of halogens is 1. The fourth-order valence-electron chi connectivity index (χ4n) is 1.58. The molecule has 0 aliphatic carbocycles. The Morgan fingerprint density at radius 1 is 1.36 bits per heavy atom. The van der Waals surface area contributed by atoms with Gasteiger partial charge in [0.1, 0.15) is 0 Å². The van der Waals surface area contributed by atoms with E-state index in [0.29, 0.717) is 4.83 Å². The molecule has 0 N–H and O–H groups in total. The zero-order chi connectivity index (χ0) is 10.4. The zero-order valence-corrected chi connectivity index (χ0v) is 10.5. The Morgan fingerprint density at radius 3 is 2.57 bits per heavy atom. The van der Waals surface area contributed by atoms with Crippen molar-refractivity contribution in [2.24, 2.45) is 5.92 Å². The molecule has 0 amide bonds. The molecule has 78 valence electrons. The maximum atomic E-state index is 4.02. The Labute approximate surface area is 95.1 Å². The Balaban J connectivity index is 2.44. The first kappa shape index (κ1) is 11.7. The normalized spacial score (nSPS) is 15.1. The number of pyridine rings is 1. The van der Waals surface area contributed by atoms with Crippen molar-refractivity contribution in [1.82, 2.24) is 4.98 Å². The molecule has 0 aliphatic heterocycles. The molecular weight excluding hydrogens is 238 g/mol. The van der Waals surface area contributed by atoms with Crippen molar-refractivity contribution in [2.45, 2.75) is 37.9 Å². The van der Waals surface area contributed by atoms with Gasteiger partial charge in [-0.1, -0.05) is 36.2 Å². The van der Waals surface area contributed by atoms with Gasteiger partial charge >= 0.3 is 0 Å². The van der Waals surface area contributed by atoms with E-state index in [-0.39, 0.29) is 0 Å². The number of alkyl halides is 1. The summed E-state index contributed by atoms with van der Waals surface area (Å²) >= 11 is 3.76. The van der Waals surface area contributed by atoms with E-state index in [1.54, 1.807) is 0 Å². The summed E-state index contributed by atoms with van der Waals surface area (Å²) in [5.74, 6) is 0.744. The minimum Gasteiger partial charge on any atom is -0.265 e. The Hall–Kier alpha value is -0.370. The van der Waals surface area contributed by atoms with Gasteiger partial charge in [-0.2, -0.15) is 0 Å². The van der Waals surface area contributed by atoms with Gasteiger partial charge in [-0.05, 0) is 36.5 Å². The molecule has 1 rings (SSSR count). The first-order valence-corrected chi connectivity index (χ1v) is 6.18. The molecule has 0 radical (unpaired) electrons. The van der Waals surface area contributed by atoms with E-state index < -0.39 is 0 Å². The molecule has 2 unspecified atom stereocenters. The first-order chi connectivity index (χ1) is 6.74. The molecule has 0 spiro atoms. The summed E-state index contributed by atoms with van der Waals surface area (Å²) in [6, 6.07) is 4.18. The highest BCUT2D eigenvalue weighted by Gasteiger charge is 2.13. The molecule has 14 heavy (non-hydrogen) atoms. The van der Waals surface area contributed by atoms with Gasteiger partial charge in [-0.15, -0.1) is 0 Å². The summed E-state index contributed by atoms with van der Waals surface area (Å²) in [4.78, 5) is 4.61. The topological polar surface area (TPSA) is 12.9 Å². The van der Waals surface area contributed by atoms with Gasteiger partial charge in [0, 0.05) is 17.2 Å². The quantitative estimate of drug-likeness (QED) is 0.730. The fourth-order valence-corrected chi connectivity index (χ4v) is 2.22. The van der Waals surface area contributed by atoms with Gasteiger partial charge in [0.15, 0.2) is 0 Å². The smallest absolute Gasteiger partial charge is 0.0270 e. The second-order valence-electron chi connectivity index (χ2n) is 3.84. The average Bonchev–Trinajstić information content (AvgIpc) is 2.19. The number of hydrogen-bond donors (Lipinski definition) is 0. The molecule has 1 nitrogen and oxygen atoms in total. The van der Waals surface area contributed by atoms with Crippen LogP contribution < -0.4 is 0 Å². The van der Waals surface area contributed by atoms with Gasteiger partial charge in [-0.3, -0.25) is 4.98 Å². The van der Waals surface area contributed by atoms with E-state index in [9.17, 15) is 0 Å². The lowest BCUT2D eigenvalue weighted by molar-refractivity contribution is 0.505. The predicted octanol–water partition coefficient (Wildman–Crippen LogP) is 3.82. The van der Waals surface area contributed by atoms with Gasteiger partial charge < -0.3 is 0 Å². The van der Waals surface area contributed by atoms with Crippen LogP contribution in [0, 0.1) is 5.92 Å². The van der Waals surface area contributed by atoms with E-state index in [0.717, 1.165) is 12.3 Å². The zero-order valence-electron chi connectivity index (χ0n) is 8.91. The van der Waals surface area contributed by atoms with Crippen LogP contribution in [0.1, 0.15) is 32.3 Å². The number of nitrogens with zero attached hydrogens (tertiary/aromatic N) is 1. The highest BCUT2D eigenvalue weighted by Crippen LogP contribution is 2.21. The van der Waals surface area contributed by atoms with Crippen LogP contribution in [-0.4, -0.2) is 9.81 Å². The maximum Gasteiger partial charge on any atom is 0.0270 e. The maximum absolute atomic E-state index is 4.02. The third-order valence-electron chi connectivity index (χ3n) is 2.54. The summed E-state index contributed by atoms with van der Waals surface area (Å²) in [6.07, 6.45) is 7.38. The highest BCUT2D eigenvalue weighted by molar-refractivity contribution is 9.09. The number of aromatic nitrogens is 1. The molecule has 0 saturated heterocycles. The van der Waals surface area contributed by atoms with Crippen molar-refractivity contribution >= 4 is 15.9 Å². The van der Waals surface area contributed by atoms with Crippen LogP contribution in [0.5, 0.6) is 0 Å². The molecular formula is C12H18BrN. The van der Waals surface area contributed by atoms with E-state index in [2.05, 4.69) is 46.9 Å². The van der Waals surface area contributed by atoms with Crippen LogP contribution in [0.25, 0.3) is 0 Å².